The van der Waals surface area contributed by atoms with E-state index >= 15 is 0 Å². The zero-order chi connectivity index (χ0) is 11.1. The Bertz CT molecular complexity index is 601. The second kappa shape index (κ2) is 3.23. The van der Waals surface area contributed by atoms with Crippen LogP contribution in [0.3, 0.4) is 0 Å². The summed E-state index contributed by atoms with van der Waals surface area (Å²) in [6, 6.07) is 5.09. The average Bonchev–Trinajstić information content (AvgIpc) is 2.57. The maximum Gasteiger partial charge on any atom is 0.294 e. The van der Waals surface area contributed by atoms with Crippen LogP contribution in [0.4, 0.5) is 0 Å². The molecule has 2 rings (SSSR count). The number of rotatable bonds is 2. The van der Waals surface area contributed by atoms with E-state index in [1.165, 1.54) is 19.2 Å². The SMILES string of the molecule is COc1nc2cc(S(C)(=O)=O)ccc2[nH]1. The van der Waals surface area contributed by atoms with Crippen LogP contribution >= 0.6 is 0 Å². The molecule has 80 valence electrons. The van der Waals surface area contributed by atoms with Gasteiger partial charge in [-0.05, 0) is 18.2 Å². The molecule has 0 unspecified atom stereocenters. The van der Waals surface area contributed by atoms with Gasteiger partial charge in [-0.15, -0.1) is 0 Å². The van der Waals surface area contributed by atoms with E-state index in [4.69, 9.17) is 4.74 Å². The van der Waals surface area contributed by atoms with Crippen LogP contribution in [0.1, 0.15) is 0 Å². The molecular formula is C9H10N2O3S. The van der Waals surface area contributed by atoms with Crippen molar-refractivity contribution >= 4 is 20.9 Å². The van der Waals surface area contributed by atoms with E-state index in [1.54, 1.807) is 6.07 Å². The van der Waals surface area contributed by atoms with Gasteiger partial charge >= 0.3 is 0 Å². The first kappa shape index (κ1) is 9.97. The second-order valence-electron chi connectivity index (χ2n) is 3.20. The van der Waals surface area contributed by atoms with Gasteiger partial charge in [0.05, 0.1) is 23.0 Å². The number of imidazole rings is 1. The Labute approximate surface area is 87.0 Å². The lowest BCUT2D eigenvalue weighted by Crippen LogP contribution is -1.96. The number of hydrogen-bond donors (Lipinski definition) is 1. The highest BCUT2D eigenvalue weighted by Crippen LogP contribution is 2.19. The third-order valence-corrected chi connectivity index (χ3v) is 3.16. The number of methoxy groups -OCH3 is 1. The molecular weight excluding hydrogens is 216 g/mol. The fraction of sp³-hybridized carbons (Fsp3) is 0.222. The molecule has 5 nitrogen and oxygen atoms in total. The molecule has 15 heavy (non-hydrogen) atoms. The fourth-order valence-corrected chi connectivity index (χ4v) is 1.93. The van der Waals surface area contributed by atoms with Crippen LogP contribution in [0.2, 0.25) is 0 Å². The van der Waals surface area contributed by atoms with E-state index in [9.17, 15) is 8.42 Å². The van der Waals surface area contributed by atoms with Crippen LogP contribution in [0, 0.1) is 0 Å². The lowest BCUT2D eigenvalue weighted by molar-refractivity contribution is 0.386. The predicted octanol–water partition coefficient (Wildman–Crippen LogP) is 0.975. The smallest absolute Gasteiger partial charge is 0.294 e. The first-order chi connectivity index (χ1) is 7.00. The van der Waals surface area contributed by atoms with Crippen LogP contribution in [0.5, 0.6) is 6.01 Å². The van der Waals surface area contributed by atoms with Gasteiger partial charge in [-0.2, -0.15) is 4.98 Å². The topological polar surface area (TPSA) is 72.0 Å². The van der Waals surface area contributed by atoms with Gasteiger partial charge in [0.15, 0.2) is 9.84 Å². The molecule has 0 aliphatic heterocycles. The van der Waals surface area contributed by atoms with Crippen molar-refractivity contribution in [3.8, 4) is 6.01 Å². The molecule has 0 fully saturated rings. The Balaban J connectivity index is 2.66. The van der Waals surface area contributed by atoms with Crippen LogP contribution in [-0.2, 0) is 9.84 Å². The van der Waals surface area contributed by atoms with Crippen LogP contribution in [0.25, 0.3) is 11.0 Å². The Morgan fingerprint density at radius 3 is 2.73 bits per heavy atom. The van der Waals surface area contributed by atoms with E-state index in [1.807, 2.05) is 0 Å². The van der Waals surface area contributed by atoms with E-state index in [0.717, 1.165) is 11.8 Å². The summed E-state index contributed by atoms with van der Waals surface area (Å²) in [5.74, 6) is 0. The quantitative estimate of drug-likeness (QED) is 0.828. The number of hydrogen-bond acceptors (Lipinski definition) is 4. The Morgan fingerprint density at radius 2 is 2.13 bits per heavy atom. The molecule has 0 aliphatic rings. The maximum absolute atomic E-state index is 11.3. The summed E-state index contributed by atoms with van der Waals surface area (Å²) >= 11 is 0. The highest BCUT2D eigenvalue weighted by atomic mass is 32.2. The van der Waals surface area contributed by atoms with E-state index in [-0.39, 0.29) is 4.90 Å². The minimum Gasteiger partial charge on any atom is -0.468 e. The number of nitrogens with zero attached hydrogens (tertiary/aromatic N) is 1. The minimum atomic E-state index is -3.19. The van der Waals surface area contributed by atoms with Crippen molar-refractivity contribution in [2.24, 2.45) is 0 Å². The normalized spacial score (nSPS) is 11.9. The number of aromatic amines is 1. The molecule has 0 saturated carbocycles. The first-order valence-corrected chi connectivity index (χ1v) is 6.13. The second-order valence-corrected chi connectivity index (χ2v) is 5.21. The van der Waals surface area contributed by atoms with Crippen LogP contribution < -0.4 is 4.74 Å². The number of benzene rings is 1. The number of H-pyrrole nitrogens is 1. The van der Waals surface area contributed by atoms with Gasteiger partial charge in [0.1, 0.15) is 0 Å². The molecule has 0 aliphatic carbocycles. The molecule has 0 amide bonds. The summed E-state index contributed by atoms with van der Waals surface area (Å²) in [6.07, 6.45) is 1.16. The van der Waals surface area contributed by atoms with Gasteiger partial charge in [0.25, 0.3) is 6.01 Å². The fourth-order valence-electron chi connectivity index (χ4n) is 1.29. The highest BCUT2D eigenvalue weighted by molar-refractivity contribution is 7.90. The van der Waals surface area contributed by atoms with E-state index < -0.39 is 9.84 Å². The third-order valence-electron chi connectivity index (χ3n) is 2.05. The van der Waals surface area contributed by atoms with Gasteiger partial charge in [-0.25, -0.2) is 8.42 Å². The van der Waals surface area contributed by atoms with Crippen molar-refractivity contribution in [2.75, 3.05) is 13.4 Å². The summed E-state index contributed by atoms with van der Waals surface area (Å²) in [7, 11) is -1.69. The van der Waals surface area contributed by atoms with Gasteiger partial charge in [0.2, 0.25) is 0 Å². The zero-order valence-corrected chi connectivity index (χ0v) is 9.13. The van der Waals surface area contributed by atoms with Gasteiger partial charge in [-0.1, -0.05) is 0 Å². The largest absolute Gasteiger partial charge is 0.468 e. The van der Waals surface area contributed by atoms with Crippen molar-refractivity contribution in [1.82, 2.24) is 9.97 Å². The Hall–Kier alpha value is -1.56. The number of fused-ring (bicyclic) bond motifs is 1. The Kier molecular flexibility index (Phi) is 2.15. The summed E-state index contributed by atoms with van der Waals surface area (Å²) in [6.45, 7) is 0. The lowest BCUT2D eigenvalue weighted by atomic mass is 10.3. The number of nitrogens with one attached hydrogen (secondary N) is 1. The summed E-state index contributed by atoms with van der Waals surface area (Å²) in [4.78, 5) is 7.21. The van der Waals surface area contributed by atoms with Crippen molar-refractivity contribution in [1.29, 1.82) is 0 Å². The van der Waals surface area contributed by atoms with Crippen LogP contribution in [-0.4, -0.2) is 31.8 Å². The number of ether oxygens (including phenoxy) is 1. The molecule has 1 heterocycles. The molecule has 0 atom stereocenters. The number of aromatic nitrogens is 2. The molecule has 1 N–H and O–H groups in total. The number of sulfone groups is 1. The van der Waals surface area contributed by atoms with Gasteiger partial charge < -0.3 is 9.72 Å². The maximum atomic E-state index is 11.3. The monoisotopic (exact) mass is 226 g/mol. The third kappa shape index (κ3) is 1.80. The first-order valence-electron chi connectivity index (χ1n) is 4.24. The molecule has 1 aromatic carbocycles. The molecule has 0 bridgehead atoms. The molecule has 2 aromatic rings. The van der Waals surface area contributed by atoms with Gasteiger partial charge in [0, 0.05) is 6.26 Å². The summed E-state index contributed by atoms with van der Waals surface area (Å²) < 4.78 is 27.5. The van der Waals surface area contributed by atoms with Crippen molar-refractivity contribution < 1.29 is 13.2 Å². The minimum absolute atomic E-state index is 0.254. The van der Waals surface area contributed by atoms with Crippen molar-refractivity contribution in [2.45, 2.75) is 4.90 Å². The highest BCUT2D eigenvalue weighted by Gasteiger charge is 2.09. The molecule has 0 radical (unpaired) electrons. The predicted molar refractivity (Wildman–Crippen MR) is 55.8 cm³/mol. The van der Waals surface area contributed by atoms with Crippen molar-refractivity contribution in [3.05, 3.63) is 18.2 Å². The zero-order valence-electron chi connectivity index (χ0n) is 8.31. The molecule has 1 aromatic heterocycles. The van der Waals surface area contributed by atoms with E-state index in [2.05, 4.69) is 9.97 Å². The molecule has 6 heteroatoms. The molecule has 0 spiro atoms. The van der Waals surface area contributed by atoms with Crippen LogP contribution in [0.15, 0.2) is 23.1 Å². The standard InChI is InChI=1S/C9H10N2O3S/c1-14-9-10-7-4-3-6(15(2,12)13)5-8(7)11-9/h3-5H,1-2H3,(H,10,11). The Morgan fingerprint density at radius 1 is 1.40 bits per heavy atom. The summed E-state index contributed by atoms with van der Waals surface area (Å²) in [5, 5.41) is 0. The summed E-state index contributed by atoms with van der Waals surface area (Å²) in [5.41, 5.74) is 1.33. The lowest BCUT2D eigenvalue weighted by Gasteiger charge is -1.96. The molecule has 0 saturated heterocycles. The van der Waals surface area contributed by atoms with Crippen molar-refractivity contribution in [3.63, 3.8) is 0 Å². The average molecular weight is 226 g/mol. The van der Waals surface area contributed by atoms with E-state index in [0.29, 0.717) is 11.5 Å². The van der Waals surface area contributed by atoms with Gasteiger partial charge in [-0.3, -0.25) is 0 Å².